The van der Waals surface area contributed by atoms with Gasteiger partial charge in [-0.15, -0.1) is 0 Å². The third-order valence-corrected chi connectivity index (χ3v) is 1.54. The van der Waals surface area contributed by atoms with E-state index >= 15 is 0 Å². The summed E-state index contributed by atoms with van der Waals surface area (Å²) < 4.78 is 0. The van der Waals surface area contributed by atoms with Gasteiger partial charge in [0.25, 0.3) is 0 Å². The van der Waals surface area contributed by atoms with Gasteiger partial charge in [-0.1, -0.05) is 18.2 Å². The lowest BCUT2D eigenvalue weighted by atomic mass is 10.3. The van der Waals surface area contributed by atoms with Crippen LogP contribution in [0.25, 0.3) is 0 Å². The van der Waals surface area contributed by atoms with Gasteiger partial charge in [-0.25, -0.2) is 0 Å². The molecule has 1 rings (SSSR count). The second-order valence-corrected chi connectivity index (χ2v) is 2.61. The van der Waals surface area contributed by atoms with Crippen LogP contribution in [0.3, 0.4) is 0 Å². The Morgan fingerprint density at radius 1 is 1.33 bits per heavy atom. The van der Waals surface area contributed by atoms with Gasteiger partial charge in [-0.05, 0) is 24.4 Å². The van der Waals surface area contributed by atoms with E-state index in [2.05, 4.69) is 10.6 Å². The third-order valence-electron chi connectivity index (χ3n) is 1.29. The smallest absolute Gasteiger partial charge is 0.171 e. The predicted octanol–water partition coefficient (Wildman–Crippen LogP) is 0.889. The molecule has 0 aliphatic heterocycles. The summed E-state index contributed by atoms with van der Waals surface area (Å²) in [4.78, 5) is 0. The highest BCUT2D eigenvalue weighted by Gasteiger charge is 1.92. The first kappa shape index (κ1) is 8.96. The van der Waals surface area contributed by atoms with Crippen molar-refractivity contribution >= 4 is 23.0 Å². The SMILES string of the molecule is NCNC(=S)Nc1ccccc1. The summed E-state index contributed by atoms with van der Waals surface area (Å²) in [6, 6.07) is 9.69. The van der Waals surface area contributed by atoms with Crippen molar-refractivity contribution in [2.24, 2.45) is 5.73 Å². The van der Waals surface area contributed by atoms with Gasteiger partial charge >= 0.3 is 0 Å². The lowest BCUT2D eigenvalue weighted by Gasteiger charge is -2.07. The van der Waals surface area contributed by atoms with Crippen LogP contribution < -0.4 is 16.4 Å². The lowest BCUT2D eigenvalue weighted by Crippen LogP contribution is -2.33. The summed E-state index contributed by atoms with van der Waals surface area (Å²) in [5, 5.41) is 6.32. The molecule has 0 fully saturated rings. The molecule has 3 nitrogen and oxygen atoms in total. The van der Waals surface area contributed by atoms with Crippen molar-refractivity contribution in [2.45, 2.75) is 0 Å². The molecular weight excluding hydrogens is 170 g/mol. The number of thiocarbonyl (C=S) groups is 1. The molecule has 0 atom stereocenters. The topological polar surface area (TPSA) is 50.1 Å². The Labute approximate surface area is 77.0 Å². The quantitative estimate of drug-likeness (QED) is 0.468. The highest BCUT2D eigenvalue weighted by Crippen LogP contribution is 2.03. The van der Waals surface area contributed by atoms with Gasteiger partial charge < -0.3 is 16.4 Å². The summed E-state index contributed by atoms with van der Waals surface area (Å²) in [6.07, 6.45) is 0. The first-order valence-corrected chi connectivity index (χ1v) is 4.03. The van der Waals surface area contributed by atoms with Gasteiger partial charge in [0.05, 0.1) is 6.67 Å². The average molecular weight is 181 g/mol. The van der Waals surface area contributed by atoms with Gasteiger partial charge in [-0.2, -0.15) is 0 Å². The van der Waals surface area contributed by atoms with Crippen LogP contribution in [0, 0.1) is 0 Å². The van der Waals surface area contributed by atoms with E-state index in [4.69, 9.17) is 18.0 Å². The molecule has 0 spiro atoms. The third kappa shape index (κ3) is 2.86. The Hall–Kier alpha value is -1.13. The molecule has 1 aromatic rings. The van der Waals surface area contributed by atoms with Gasteiger partial charge in [0.2, 0.25) is 0 Å². The highest BCUT2D eigenvalue weighted by atomic mass is 32.1. The number of benzene rings is 1. The van der Waals surface area contributed by atoms with Crippen molar-refractivity contribution in [1.82, 2.24) is 5.32 Å². The fourth-order valence-electron chi connectivity index (χ4n) is 0.789. The Morgan fingerprint density at radius 2 is 2.00 bits per heavy atom. The van der Waals surface area contributed by atoms with Crippen LogP contribution in [-0.4, -0.2) is 11.8 Å². The van der Waals surface area contributed by atoms with Gasteiger partial charge in [-0.3, -0.25) is 0 Å². The molecule has 0 unspecified atom stereocenters. The van der Waals surface area contributed by atoms with Crippen LogP contribution in [-0.2, 0) is 0 Å². The molecule has 0 aromatic heterocycles. The van der Waals surface area contributed by atoms with Crippen LogP contribution in [0.1, 0.15) is 0 Å². The van der Waals surface area contributed by atoms with Gasteiger partial charge in [0.1, 0.15) is 0 Å². The number of rotatable bonds is 2. The molecule has 4 heteroatoms. The van der Waals surface area contributed by atoms with Crippen molar-refractivity contribution in [2.75, 3.05) is 12.0 Å². The van der Waals surface area contributed by atoms with E-state index in [1.165, 1.54) is 0 Å². The molecule has 0 saturated heterocycles. The molecular formula is C8H11N3S. The fraction of sp³-hybridized carbons (Fsp3) is 0.125. The monoisotopic (exact) mass is 181 g/mol. The number of nitrogens with two attached hydrogens (primary N) is 1. The van der Waals surface area contributed by atoms with Gasteiger partial charge in [0.15, 0.2) is 5.11 Å². The van der Waals surface area contributed by atoms with Gasteiger partial charge in [0, 0.05) is 5.69 Å². The zero-order valence-electron chi connectivity index (χ0n) is 6.58. The van der Waals surface area contributed by atoms with Crippen molar-refractivity contribution < 1.29 is 0 Å². The lowest BCUT2D eigenvalue weighted by molar-refractivity contribution is 0.937. The fourth-order valence-corrected chi connectivity index (χ4v) is 0.991. The van der Waals surface area contributed by atoms with Crippen LogP contribution in [0.4, 0.5) is 5.69 Å². The Morgan fingerprint density at radius 3 is 2.58 bits per heavy atom. The van der Waals surface area contributed by atoms with E-state index in [0.29, 0.717) is 11.8 Å². The molecule has 0 saturated carbocycles. The van der Waals surface area contributed by atoms with E-state index in [-0.39, 0.29) is 0 Å². The van der Waals surface area contributed by atoms with E-state index in [1.54, 1.807) is 0 Å². The summed E-state index contributed by atoms with van der Waals surface area (Å²) in [7, 11) is 0. The summed E-state index contributed by atoms with van der Waals surface area (Å²) in [6.45, 7) is 0.346. The maximum Gasteiger partial charge on any atom is 0.171 e. The molecule has 0 amide bonds. The molecule has 0 heterocycles. The summed E-state index contributed by atoms with van der Waals surface area (Å²) in [5.74, 6) is 0. The maximum atomic E-state index is 5.24. The number of hydrogen-bond acceptors (Lipinski definition) is 2. The molecule has 4 N–H and O–H groups in total. The van der Waals surface area contributed by atoms with Crippen molar-refractivity contribution in [3.8, 4) is 0 Å². The predicted molar refractivity (Wildman–Crippen MR) is 54.9 cm³/mol. The van der Waals surface area contributed by atoms with Crippen LogP contribution >= 0.6 is 12.2 Å². The number of anilines is 1. The van der Waals surface area contributed by atoms with Crippen molar-refractivity contribution in [3.05, 3.63) is 30.3 Å². The number of nitrogens with one attached hydrogen (secondary N) is 2. The minimum Gasteiger partial charge on any atom is -0.350 e. The molecule has 0 bridgehead atoms. The first-order chi connectivity index (χ1) is 5.83. The van der Waals surface area contributed by atoms with E-state index < -0.39 is 0 Å². The minimum absolute atomic E-state index is 0.346. The number of para-hydroxylation sites is 1. The molecule has 1 aromatic carbocycles. The van der Waals surface area contributed by atoms with Crippen LogP contribution in [0.2, 0.25) is 0 Å². The standard InChI is InChI=1S/C8H11N3S/c9-6-10-8(12)11-7-4-2-1-3-5-7/h1-5H,6,9H2,(H2,10,11,12). The minimum atomic E-state index is 0.346. The van der Waals surface area contributed by atoms with Crippen molar-refractivity contribution in [3.63, 3.8) is 0 Å². The number of hydrogen-bond donors (Lipinski definition) is 3. The largest absolute Gasteiger partial charge is 0.350 e. The zero-order valence-corrected chi connectivity index (χ0v) is 7.40. The van der Waals surface area contributed by atoms with Crippen LogP contribution in [0.5, 0.6) is 0 Å². The molecule has 0 radical (unpaired) electrons. The molecule has 0 aliphatic rings. The summed E-state index contributed by atoms with van der Waals surface area (Å²) in [5.41, 5.74) is 6.21. The molecule has 0 aliphatic carbocycles. The molecule has 12 heavy (non-hydrogen) atoms. The molecule has 64 valence electrons. The zero-order chi connectivity index (χ0) is 8.81. The average Bonchev–Trinajstić information content (AvgIpc) is 2.06. The Kier molecular flexibility index (Phi) is 3.50. The van der Waals surface area contributed by atoms with Crippen molar-refractivity contribution in [1.29, 1.82) is 0 Å². The second kappa shape index (κ2) is 4.69. The summed E-state index contributed by atoms with van der Waals surface area (Å²) >= 11 is 4.93. The van der Waals surface area contributed by atoms with E-state index in [1.807, 2.05) is 30.3 Å². The Balaban J connectivity index is 2.47. The van der Waals surface area contributed by atoms with E-state index in [0.717, 1.165) is 5.69 Å². The second-order valence-electron chi connectivity index (χ2n) is 2.20. The van der Waals surface area contributed by atoms with E-state index in [9.17, 15) is 0 Å². The first-order valence-electron chi connectivity index (χ1n) is 3.63. The maximum absolute atomic E-state index is 5.24. The normalized spacial score (nSPS) is 9.08. The van der Waals surface area contributed by atoms with Crippen LogP contribution in [0.15, 0.2) is 30.3 Å². The Bertz CT molecular complexity index is 248. The highest BCUT2D eigenvalue weighted by molar-refractivity contribution is 7.80.